The molecule has 3 aromatic rings. The quantitative estimate of drug-likeness (QED) is 0.631. The van der Waals surface area contributed by atoms with Crippen molar-refractivity contribution in [2.45, 2.75) is 33.6 Å². The Morgan fingerprint density at radius 3 is 2.60 bits per heavy atom. The first-order chi connectivity index (χ1) is 14.4. The molecule has 4 rings (SSSR count). The molecule has 1 amide bonds. The van der Waals surface area contributed by atoms with E-state index in [0.717, 1.165) is 22.5 Å². The molecular weight excluding hydrogens is 402 g/mol. The van der Waals surface area contributed by atoms with E-state index >= 15 is 0 Å². The number of amides is 1. The van der Waals surface area contributed by atoms with E-state index in [1.165, 1.54) is 0 Å². The molecule has 156 valence electrons. The van der Waals surface area contributed by atoms with Crippen LogP contribution in [0, 0.1) is 13.8 Å². The molecule has 7 heteroatoms. The summed E-state index contributed by atoms with van der Waals surface area (Å²) < 4.78 is 13.1. The molecule has 0 radical (unpaired) electrons. The van der Waals surface area contributed by atoms with E-state index in [4.69, 9.17) is 26.1 Å². The van der Waals surface area contributed by atoms with E-state index in [-0.39, 0.29) is 11.8 Å². The molecule has 1 aromatic heterocycles. The number of rotatable bonds is 4. The van der Waals surface area contributed by atoms with Crippen LogP contribution in [0.3, 0.4) is 0 Å². The number of aryl methyl sites for hydroxylation is 1. The maximum Gasteiger partial charge on any atom is 0.270 e. The molecule has 0 bridgehead atoms. The van der Waals surface area contributed by atoms with Gasteiger partial charge in [-0.15, -0.1) is 0 Å². The number of carbonyl (C=O) groups is 1. The zero-order chi connectivity index (χ0) is 21.4. The van der Waals surface area contributed by atoms with Crippen molar-refractivity contribution < 1.29 is 14.3 Å². The Kier molecular flexibility index (Phi) is 5.43. The fraction of sp³-hybridized carbons (Fsp3) is 0.304. The van der Waals surface area contributed by atoms with E-state index < -0.39 is 0 Å². The summed E-state index contributed by atoms with van der Waals surface area (Å²) in [5, 5.41) is 0.573. The third kappa shape index (κ3) is 3.52. The summed E-state index contributed by atoms with van der Waals surface area (Å²) in [4.78, 5) is 18.0. The molecule has 0 saturated heterocycles. The minimum Gasteiger partial charge on any atom is -0.486 e. The maximum atomic E-state index is 13.3. The van der Waals surface area contributed by atoms with E-state index in [1.807, 2.05) is 38.1 Å². The van der Waals surface area contributed by atoms with Crippen LogP contribution in [0.5, 0.6) is 11.5 Å². The highest BCUT2D eigenvalue weighted by Crippen LogP contribution is 2.36. The zero-order valence-electron chi connectivity index (χ0n) is 17.5. The first kappa shape index (κ1) is 20.3. The molecule has 1 aliphatic rings. The Morgan fingerprint density at radius 2 is 1.87 bits per heavy atom. The van der Waals surface area contributed by atoms with Crippen molar-refractivity contribution in [1.82, 2.24) is 9.66 Å². The molecule has 0 saturated carbocycles. The van der Waals surface area contributed by atoms with Gasteiger partial charge in [-0.05, 0) is 44.0 Å². The van der Waals surface area contributed by atoms with Crippen LogP contribution in [0.1, 0.15) is 47.1 Å². The number of nitrogens with one attached hydrogen (secondary N) is 1. The van der Waals surface area contributed by atoms with E-state index in [9.17, 15) is 4.79 Å². The summed E-state index contributed by atoms with van der Waals surface area (Å²) in [5.41, 5.74) is 6.82. The van der Waals surface area contributed by atoms with Crippen molar-refractivity contribution >= 4 is 17.5 Å². The lowest BCUT2D eigenvalue weighted by molar-refractivity contribution is 0.100. The van der Waals surface area contributed by atoms with Crippen LogP contribution in [0.15, 0.2) is 36.4 Å². The van der Waals surface area contributed by atoms with Gasteiger partial charge in [0.2, 0.25) is 0 Å². The average molecular weight is 426 g/mol. The molecule has 0 spiro atoms. The third-order valence-electron chi connectivity index (χ3n) is 5.17. The Labute approximate surface area is 180 Å². The highest BCUT2D eigenvalue weighted by molar-refractivity contribution is 6.33. The van der Waals surface area contributed by atoms with Gasteiger partial charge in [0.05, 0.1) is 16.4 Å². The predicted molar refractivity (Wildman–Crippen MR) is 117 cm³/mol. The minimum absolute atomic E-state index is 0.149. The average Bonchev–Trinajstić information content (AvgIpc) is 3.04. The molecule has 2 heterocycles. The van der Waals surface area contributed by atoms with Gasteiger partial charge in [-0.25, -0.2) is 9.66 Å². The van der Waals surface area contributed by atoms with Crippen molar-refractivity contribution in [3.63, 3.8) is 0 Å². The van der Waals surface area contributed by atoms with Gasteiger partial charge in [0.1, 0.15) is 13.2 Å². The third-order valence-corrected chi connectivity index (χ3v) is 5.50. The summed E-state index contributed by atoms with van der Waals surface area (Å²) in [6, 6.07) is 11.0. The topological polar surface area (TPSA) is 65.4 Å². The number of aromatic nitrogens is 2. The number of hydrogen-bond donors (Lipinski definition) is 1. The fourth-order valence-corrected chi connectivity index (χ4v) is 4.04. The van der Waals surface area contributed by atoms with Gasteiger partial charge in [-0.2, -0.15) is 0 Å². The van der Waals surface area contributed by atoms with Crippen LogP contribution in [0.25, 0.3) is 11.4 Å². The first-order valence-corrected chi connectivity index (χ1v) is 10.3. The standard InChI is InChI=1S/C23H24ClN3O3/c1-13(2)20-15(4)25-22(17-7-5-6-8-18(17)24)27(20)26-23(28)16-9-10-19-21(14(16)3)30-12-11-29-19/h5-10,13H,11-12H2,1-4H3,(H,26,28). The number of imidazole rings is 1. The lowest BCUT2D eigenvalue weighted by Gasteiger charge is -2.22. The number of nitrogens with zero attached hydrogens (tertiary/aromatic N) is 2. The van der Waals surface area contributed by atoms with Crippen molar-refractivity contribution in [2.24, 2.45) is 0 Å². The normalized spacial score (nSPS) is 12.9. The Bertz CT molecular complexity index is 1120. The Hall–Kier alpha value is -2.99. The van der Waals surface area contributed by atoms with Gasteiger partial charge in [-0.3, -0.25) is 10.2 Å². The lowest BCUT2D eigenvalue weighted by Crippen LogP contribution is -2.27. The maximum absolute atomic E-state index is 13.3. The van der Waals surface area contributed by atoms with Crippen molar-refractivity contribution in [3.05, 3.63) is 63.9 Å². The molecule has 30 heavy (non-hydrogen) atoms. The van der Waals surface area contributed by atoms with Gasteiger partial charge in [0.15, 0.2) is 17.3 Å². The summed E-state index contributed by atoms with van der Waals surface area (Å²) in [6.45, 7) is 8.91. The molecule has 6 nitrogen and oxygen atoms in total. The van der Waals surface area contributed by atoms with Gasteiger partial charge in [0, 0.05) is 16.7 Å². The van der Waals surface area contributed by atoms with Gasteiger partial charge in [-0.1, -0.05) is 37.6 Å². The van der Waals surface area contributed by atoms with Crippen LogP contribution in [0.2, 0.25) is 5.02 Å². The smallest absolute Gasteiger partial charge is 0.270 e. The van der Waals surface area contributed by atoms with Crippen LogP contribution < -0.4 is 14.9 Å². The number of ether oxygens (including phenoxy) is 2. The molecule has 0 aliphatic carbocycles. The summed E-state index contributed by atoms with van der Waals surface area (Å²) in [6.07, 6.45) is 0. The molecular formula is C23H24ClN3O3. The van der Waals surface area contributed by atoms with Crippen molar-refractivity contribution in [2.75, 3.05) is 18.6 Å². The van der Waals surface area contributed by atoms with Gasteiger partial charge < -0.3 is 9.47 Å². The molecule has 1 aliphatic heterocycles. The SMILES string of the molecule is Cc1nc(-c2ccccc2Cl)n(NC(=O)c2ccc3c(c2C)OCCO3)c1C(C)C. The Balaban J connectivity index is 1.78. The summed E-state index contributed by atoms with van der Waals surface area (Å²) in [7, 11) is 0. The molecule has 1 N–H and O–H groups in total. The number of carbonyl (C=O) groups excluding carboxylic acids is 1. The van der Waals surface area contributed by atoms with Gasteiger partial charge >= 0.3 is 0 Å². The molecule has 0 atom stereocenters. The van der Waals surface area contributed by atoms with E-state index in [0.29, 0.717) is 41.1 Å². The largest absolute Gasteiger partial charge is 0.486 e. The van der Waals surface area contributed by atoms with Crippen molar-refractivity contribution in [1.29, 1.82) is 0 Å². The second kappa shape index (κ2) is 8.03. The van der Waals surface area contributed by atoms with Crippen LogP contribution in [-0.2, 0) is 0 Å². The molecule has 0 unspecified atom stereocenters. The lowest BCUT2D eigenvalue weighted by atomic mass is 10.1. The van der Waals surface area contributed by atoms with E-state index in [1.54, 1.807) is 16.8 Å². The first-order valence-electron chi connectivity index (χ1n) is 9.93. The van der Waals surface area contributed by atoms with Crippen LogP contribution in [-0.4, -0.2) is 28.8 Å². The predicted octanol–water partition coefficient (Wildman–Crippen LogP) is 5.10. The molecule has 2 aromatic carbocycles. The Morgan fingerprint density at radius 1 is 1.13 bits per heavy atom. The number of benzene rings is 2. The highest BCUT2D eigenvalue weighted by Gasteiger charge is 2.24. The van der Waals surface area contributed by atoms with Crippen molar-refractivity contribution in [3.8, 4) is 22.9 Å². The number of hydrogen-bond acceptors (Lipinski definition) is 4. The zero-order valence-corrected chi connectivity index (χ0v) is 18.2. The fourth-order valence-electron chi connectivity index (χ4n) is 3.82. The number of fused-ring (bicyclic) bond motifs is 1. The van der Waals surface area contributed by atoms with Crippen LogP contribution in [0.4, 0.5) is 0 Å². The summed E-state index contributed by atoms with van der Waals surface area (Å²) >= 11 is 6.43. The van der Waals surface area contributed by atoms with Gasteiger partial charge in [0.25, 0.3) is 5.91 Å². The van der Waals surface area contributed by atoms with E-state index in [2.05, 4.69) is 19.3 Å². The van der Waals surface area contributed by atoms with Crippen LogP contribution >= 0.6 is 11.6 Å². The summed E-state index contributed by atoms with van der Waals surface area (Å²) in [5.74, 6) is 1.78. The highest BCUT2D eigenvalue weighted by atomic mass is 35.5. The minimum atomic E-state index is -0.253. The second-order valence-corrected chi connectivity index (χ2v) is 7.99. The second-order valence-electron chi connectivity index (χ2n) is 7.58. The molecule has 0 fully saturated rings. The number of halogens is 1. The monoisotopic (exact) mass is 425 g/mol.